The van der Waals surface area contributed by atoms with Crippen LogP contribution in [0.1, 0.15) is 150 Å². The van der Waals surface area contributed by atoms with E-state index in [0.29, 0.717) is 104 Å². The number of hydrogen-bond acceptors (Lipinski definition) is 17. The number of aliphatic hydroxyl groups excluding tert-OH is 2. The van der Waals surface area contributed by atoms with E-state index in [4.69, 9.17) is 14.2 Å². The van der Waals surface area contributed by atoms with Crippen LogP contribution in [0.25, 0.3) is 10.2 Å². The molecule has 1 aliphatic heterocycles. The van der Waals surface area contributed by atoms with Gasteiger partial charge < -0.3 is 55.1 Å². The number of carbonyl (C=O) groups is 8. The van der Waals surface area contributed by atoms with Crippen LogP contribution in [0.3, 0.4) is 0 Å². The molecular weight excluding hydrogens is 1170 g/mol. The van der Waals surface area contributed by atoms with Crippen LogP contribution in [0.4, 0.5) is 4.79 Å². The molecule has 8 rings (SSSR count). The van der Waals surface area contributed by atoms with E-state index in [0.717, 1.165) is 44.9 Å². The number of thioether (sulfide) groups is 1. The summed E-state index contributed by atoms with van der Waals surface area (Å²) in [4.78, 5) is 115. The molecule has 23 heteroatoms. The smallest absolute Gasteiger partial charge is 0.415 e. The van der Waals surface area contributed by atoms with Gasteiger partial charge in [0, 0.05) is 92.0 Å². The first kappa shape index (κ1) is 68.3. The number of aliphatic carboxylic acids is 2. The van der Waals surface area contributed by atoms with E-state index >= 15 is 0 Å². The van der Waals surface area contributed by atoms with Crippen molar-refractivity contribution in [2.45, 2.75) is 169 Å². The van der Waals surface area contributed by atoms with Gasteiger partial charge in [-0.2, -0.15) is 0 Å². The zero-order valence-corrected chi connectivity index (χ0v) is 54.1. The number of nitrogens with one attached hydrogen (secondary N) is 2. The molecule has 2 aromatic rings. The van der Waals surface area contributed by atoms with Crippen LogP contribution in [-0.4, -0.2) is 177 Å². The van der Waals surface area contributed by atoms with Crippen LogP contribution in [0.15, 0.2) is 45.5 Å². The van der Waals surface area contributed by atoms with Crippen molar-refractivity contribution in [3.8, 4) is 5.75 Å². The van der Waals surface area contributed by atoms with Gasteiger partial charge >= 0.3 is 18.0 Å². The van der Waals surface area contributed by atoms with Gasteiger partial charge in [0.25, 0.3) is 0 Å². The molecule has 1 aromatic carbocycles. The average molecular weight is 1260 g/mol. The minimum absolute atomic E-state index is 0.0477. The molecule has 5 aliphatic carbocycles. The number of amides is 4. The van der Waals surface area contributed by atoms with Crippen molar-refractivity contribution < 1.29 is 73.0 Å². The quantitative estimate of drug-likeness (QED) is 0.0332. The molecule has 0 radical (unpaired) electrons. The number of nitrogens with zero attached hydrogens (tertiary/aromatic N) is 4. The summed E-state index contributed by atoms with van der Waals surface area (Å²) in [6, 6.07) is 3.07. The molecule has 88 heavy (non-hydrogen) atoms. The van der Waals surface area contributed by atoms with E-state index in [2.05, 4.69) is 34.5 Å². The van der Waals surface area contributed by atoms with Crippen LogP contribution < -0.4 is 15.4 Å². The first-order valence-corrected chi connectivity index (χ1v) is 33.4. The second kappa shape index (κ2) is 30.0. The van der Waals surface area contributed by atoms with Crippen LogP contribution in [0.2, 0.25) is 0 Å². The second-order valence-electron chi connectivity index (χ2n) is 26.4. The predicted molar refractivity (Wildman–Crippen MR) is 334 cm³/mol. The lowest BCUT2D eigenvalue weighted by Gasteiger charge is -2.59. The zero-order chi connectivity index (χ0) is 63.8. The number of ketones is 2. The third kappa shape index (κ3) is 16.3. The average Bonchev–Trinajstić information content (AvgIpc) is 1.25. The Morgan fingerprint density at radius 1 is 0.841 bits per heavy atom. The molecule has 0 bridgehead atoms. The lowest BCUT2D eigenvalue weighted by atomic mass is 9.46. The highest BCUT2D eigenvalue weighted by atomic mass is 32.2. The number of hydrogen-bond donors (Lipinski definition) is 6. The normalized spacial score (nSPS) is 26.8. The lowest BCUT2D eigenvalue weighted by molar-refractivity contribution is -0.143. The summed E-state index contributed by atoms with van der Waals surface area (Å²) in [6.45, 7) is 14.0. The Morgan fingerprint density at radius 3 is 2.30 bits per heavy atom. The van der Waals surface area contributed by atoms with Gasteiger partial charge in [0.15, 0.2) is 17.6 Å². The van der Waals surface area contributed by atoms with Gasteiger partial charge in [0.05, 0.1) is 48.9 Å². The second-order valence-corrected chi connectivity index (χ2v) is 28.5. The highest BCUT2D eigenvalue weighted by Gasteiger charge is 2.59. The van der Waals surface area contributed by atoms with Crippen molar-refractivity contribution >= 4 is 85.7 Å². The molecule has 6 N–H and O–H groups in total. The monoisotopic (exact) mass is 1260 g/mol. The molecule has 6 aliphatic rings. The van der Waals surface area contributed by atoms with Crippen molar-refractivity contribution in [2.75, 3.05) is 65.4 Å². The number of benzene rings is 1. The van der Waals surface area contributed by atoms with Crippen molar-refractivity contribution in [3.63, 3.8) is 0 Å². The summed E-state index contributed by atoms with van der Waals surface area (Å²) in [6.07, 6.45) is 8.84. The lowest BCUT2D eigenvalue weighted by Crippen LogP contribution is -2.55. The summed E-state index contributed by atoms with van der Waals surface area (Å²) in [5.41, 5.74) is 1.22. The number of fused-ring (bicyclic) bond motifs is 6. The predicted octanol–water partition coefficient (Wildman–Crippen LogP) is 8.02. The minimum atomic E-state index is -1.10. The van der Waals surface area contributed by atoms with E-state index in [-0.39, 0.29) is 136 Å². The van der Waals surface area contributed by atoms with Crippen molar-refractivity contribution in [1.29, 1.82) is 0 Å². The van der Waals surface area contributed by atoms with E-state index in [1.165, 1.54) is 39.3 Å². The fraction of sp³-hybridized carbons (Fsp3) is 0.692. The number of likely N-dealkylation sites (N-methyl/N-ethyl adjacent to an activating group) is 1. The number of ether oxygens (including phenoxy) is 3. The van der Waals surface area contributed by atoms with E-state index < -0.39 is 35.5 Å². The van der Waals surface area contributed by atoms with Gasteiger partial charge in [0.1, 0.15) is 21.8 Å². The number of rotatable bonds is 29. The van der Waals surface area contributed by atoms with Gasteiger partial charge in [-0.05, 0) is 157 Å². The van der Waals surface area contributed by atoms with Gasteiger partial charge in [0.2, 0.25) is 17.7 Å². The summed E-state index contributed by atoms with van der Waals surface area (Å²) in [5, 5.41) is 48.1. The molecule has 0 spiro atoms. The van der Waals surface area contributed by atoms with Crippen LogP contribution in [0, 0.1) is 52.3 Å². The molecule has 4 amide bonds. The number of carboxylic acid groups (broad SMARTS) is 2. The van der Waals surface area contributed by atoms with Crippen molar-refractivity contribution in [3.05, 3.63) is 45.5 Å². The van der Waals surface area contributed by atoms with Gasteiger partial charge in [-0.3, -0.25) is 29.0 Å². The van der Waals surface area contributed by atoms with Gasteiger partial charge in [-0.25, -0.2) is 19.4 Å². The highest BCUT2D eigenvalue weighted by molar-refractivity contribution is 8.15. The summed E-state index contributed by atoms with van der Waals surface area (Å²) in [5.74, 6) is -0.00327. The molecular formula is C65H92N6O15S2. The van der Waals surface area contributed by atoms with Crippen molar-refractivity contribution in [1.82, 2.24) is 25.4 Å². The SMILES string of the molecule is CC1=C(C)C(=O)C(C(C)(C)CC(=O)N(C)CCN(CCOCCOCCC(=O)NCCCCC(NC(=O)CC[C@@H](C)[C@H]2CC[C@@H]3C2C(O)C[C@H]2[C@H]3CC[C@@H]3C[C@H](O)CC[C@@]32C)C(=O)O)C(=O)Oc2ccc3nc(C4=NC(C(=O)O)CS4)sc3c2)=C(C)C1=O. The Hall–Kier alpha value is -5.59. The van der Waals surface area contributed by atoms with E-state index in [9.17, 15) is 58.8 Å². The van der Waals surface area contributed by atoms with Gasteiger partial charge in [-0.1, -0.05) is 27.7 Å². The number of allylic oxidation sites excluding steroid dienone is 4. The first-order chi connectivity index (χ1) is 41.8. The molecule has 484 valence electrons. The molecule has 2 heterocycles. The number of aliphatic imine (C=N–C) groups is 1. The van der Waals surface area contributed by atoms with Gasteiger partial charge in [-0.15, -0.1) is 23.1 Å². The number of carboxylic acids is 2. The summed E-state index contributed by atoms with van der Waals surface area (Å²) < 4.78 is 18.0. The number of unbranched alkanes of at least 4 members (excludes halogenated alkanes) is 1. The van der Waals surface area contributed by atoms with E-state index in [1.807, 2.05) is 0 Å². The molecule has 4 unspecified atom stereocenters. The fourth-order valence-corrected chi connectivity index (χ4v) is 17.3. The van der Waals surface area contributed by atoms with Crippen molar-refractivity contribution in [2.24, 2.45) is 57.2 Å². The summed E-state index contributed by atoms with van der Waals surface area (Å²) >= 11 is 2.61. The Balaban J connectivity index is 0.726. The first-order valence-electron chi connectivity index (χ1n) is 31.6. The molecule has 12 atom stereocenters. The maximum Gasteiger partial charge on any atom is 0.415 e. The Bertz CT molecular complexity index is 3030. The molecule has 4 saturated carbocycles. The Kier molecular flexibility index (Phi) is 23.3. The molecule has 4 fully saturated rings. The topological polar surface area (TPSA) is 301 Å². The zero-order valence-electron chi connectivity index (χ0n) is 52.4. The summed E-state index contributed by atoms with van der Waals surface area (Å²) in [7, 11) is 1.60. The standard InChI is InChI=1S/C65H92N6O15S2/c1-36(43-16-17-45-44-15-13-40-31-41(72)20-22-65(40,7)46(44)33-50(73)55(43)45)12-19-53(75)67-48(61(79)80)11-9-10-23-66-52(74)21-27-84-29-30-85-28-26-71(25-24-70(8)54(76)34-64(5,6)56-39(4)57(77)37(2)38(3)58(56)78)63(83)86-42-14-18-47-51(32-42)88-60(68-47)59-69-49(35-87-59)62(81)82/h14,18,32,36,40-41,43-46,48-50,55,72-73H,9-13,15-17,19-31,33-35H2,1-8H3,(H,66,74)(H,67,75)(H,79,80)(H,81,82)/t36-,40-,41-,43-,44+,45+,46+,48?,49?,50?,55?,65+/m1/s1. The maximum absolute atomic E-state index is 13.9. The third-order valence-corrected chi connectivity index (χ3v) is 22.6. The fourth-order valence-electron chi connectivity index (χ4n) is 15.2. The number of Topliss-reactive ketones (excluding diaryl/α,β-unsaturated/α-hetero) is 2. The number of carbonyl (C=O) groups excluding carboxylic acids is 6. The maximum atomic E-state index is 13.9. The minimum Gasteiger partial charge on any atom is -0.480 e. The highest BCUT2D eigenvalue weighted by Crippen LogP contribution is 2.64. The van der Waals surface area contributed by atoms with Crippen LogP contribution >= 0.6 is 23.1 Å². The Labute approximate surface area is 524 Å². The molecule has 0 saturated heterocycles. The molecule has 1 aromatic heterocycles. The largest absolute Gasteiger partial charge is 0.480 e. The number of aromatic nitrogens is 1. The number of aliphatic hydroxyl groups is 2. The number of thiazole rings is 1. The third-order valence-electron chi connectivity index (χ3n) is 20.3. The van der Waals surface area contributed by atoms with Crippen LogP contribution in [0.5, 0.6) is 5.75 Å². The molecule has 21 nitrogen and oxygen atoms in total. The van der Waals surface area contributed by atoms with Crippen LogP contribution in [-0.2, 0) is 43.0 Å². The Morgan fingerprint density at radius 2 is 1.57 bits per heavy atom. The van der Waals surface area contributed by atoms with E-state index in [1.54, 1.807) is 59.9 Å².